The van der Waals surface area contributed by atoms with Crippen LogP contribution < -0.4 is 0 Å². The molecule has 0 aromatic rings. The van der Waals surface area contributed by atoms with Crippen LogP contribution in [0.4, 0.5) is 0 Å². The molecule has 3 heteroatoms. The average Bonchev–Trinajstić information content (AvgIpc) is 2.20. The van der Waals surface area contributed by atoms with Crippen molar-refractivity contribution in [3.8, 4) is 0 Å². The zero-order valence-corrected chi connectivity index (χ0v) is 11.5. The van der Waals surface area contributed by atoms with E-state index in [0.29, 0.717) is 18.3 Å². The molecule has 102 valence electrons. The van der Waals surface area contributed by atoms with Gasteiger partial charge in [0.05, 0.1) is 5.92 Å². The van der Waals surface area contributed by atoms with E-state index in [2.05, 4.69) is 20.8 Å². The summed E-state index contributed by atoms with van der Waals surface area (Å²) < 4.78 is 0. The van der Waals surface area contributed by atoms with Gasteiger partial charge in [-0.2, -0.15) is 0 Å². The van der Waals surface area contributed by atoms with Gasteiger partial charge in [0.2, 0.25) is 0 Å². The molecule has 0 radical (unpaired) electrons. The highest BCUT2D eigenvalue weighted by molar-refractivity contribution is 5.69. The summed E-state index contributed by atoms with van der Waals surface area (Å²) in [5.74, 6) is -0.981. The molecule has 0 heterocycles. The molecule has 0 saturated heterocycles. The van der Waals surface area contributed by atoms with Gasteiger partial charge in [0, 0.05) is 6.61 Å². The van der Waals surface area contributed by atoms with Crippen LogP contribution in [0.3, 0.4) is 0 Å². The van der Waals surface area contributed by atoms with Crippen LogP contribution in [0.2, 0.25) is 0 Å². The lowest BCUT2D eigenvalue weighted by atomic mass is 9.88. The molecule has 2 N–H and O–H groups in total. The SMILES string of the molecule is CC(C)(C)CCCCCC(CCCO)C(=O)O. The number of carboxylic acids is 1. The fourth-order valence-corrected chi connectivity index (χ4v) is 1.95. The van der Waals surface area contributed by atoms with Gasteiger partial charge in [0.25, 0.3) is 0 Å². The highest BCUT2D eigenvalue weighted by Crippen LogP contribution is 2.23. The average molecular weight is 244 g/mol. The Morgan fingerprint density at radius 2 is 1.65 bits per heavy atom. The lowest BCUT2D eigenvalue weighted by Gasteiger charge is -2.18. The first-order valence-electron chi connectivity index (χ1n) is 6.70. The monoisotopic (exact) mass is 244 g/mol. The van der Waals surface area contributed by atoms with Crippen molar-refractivity contribution < 1.29 is 15.0 Å². The second-order valence-electron chi connectivity index (χ2n) is 6.06. The maximum atomic E-state index is 10.9. The third kappa shape index (κ3) is 10.3. The smallest absolute Gasteiger partial charge is 0.306 e. The third-order valence-electron chi connectivity index (χ3n) is 3.04. The summed E-state index contributed by atoms with van der Waals surface area (Å²) in [7, 11) is 0. The van der Waals surface area contributed by atoms with Crippen LogP contribution >= 0.6 is 0 Å². The number of carbonyl (C=O) groups is 1. The fourth-order valence-electron chi connectivity index (χ4n) is 1.95. The minimum Gasteiger partial charge on any atom is -0.481 e. The Bertz CT molecular complexity index is 206. The lowest BCUT2D eigenvalue weighted by Crippen LogP contribution is -2.14. The van der Waals surface area contributed by atoms with Crippen molar-refractivity contribution in [2.45, 2.75) is 65.7 Å². The first-order valence-corrected chi connectivity index (χ1v) is 6.70. The van der Waals surface area contributed by atoms with Crippen LogP contribution in [0.1, 0.15) is 65.7 Å². The topological polar surface area (TPSA) is 57.5 Å². The zero-order chi connectivity index (χ0) is 13.3. The van der Waals surface area contributed by atoms with Crippen LogP contribution in [0.5, 0.6) is 0 Å². The molecule has 0 rings (SSSR count). The molecular formula is C14H28O3. The summed E-state index contributed by atoms with van der Waals surface area (Å²) >= 11 is 0. The zero-order valence-electron chi connectivity index (χ0n) is 11.5. The minimum absolute atomic E-state index is 0.0911. The lowest BCUT2D eigenvalue weighted by molar-refractivity contribution is -0.142. The largest absolute Gasteiger partial charge is 0.481 e. The molecule has 17 heavy (non-hydrogen) atoms. The summed E-state index contributed by atoms with van der Waals surface area (Å²) in [5.41, 5.74) is 0.378. The highest BCUT2D eigenvalue weighted by Gasteiger charge is 2.16. The summed E-state index contributed by atoms with van der Waals surface area (Å²) in [5, 5.41) is 17.7. The maximum absolute atomic E-state index is 10.9. The Labute approximate surface area is 105 Å². The summed E-state index contributed by atoms with van der Waals surface area (Å²) in [6.45, 7) is 6.78. The Hall–Kier alpha value is -0.570. The van der Waals surface area contributed by atoms with Gasteiger partial charge >= 0.3 is 5.97 Å². The highest BCUT2D eigenvalue weighted by atomic mass is 16.4. The minimum atomic E-state index is -0.714. The van der Waals surface area contributed by atoms with Gasteiger partial charge in [0.15, 0.2) is 0 Å². The molecule has 0 bridgehead atoms. The van der Waals surface area contributed by atoms with Gasteiger partial charge in [0.1, 0.15) is 0 Å². The van der Waals surface area contributed by atoms with Crippen LogP contribution in [-0.2, 0) is 4.79 Å². The van der Waals surface area contributed by atoms with Crippen molar-refractivity contribution in [2.75, 3.05) is 6.61 Å². The molecule has 0 spiro atoms. The van der Waals surface area contributed by atoms with E-state index in [9.17, 15) is 4.79 Å². The van der Waals surface area contributed by atoms with E-state index in [4.69, 9.17) is 10.2 Å². The summed E-state index contributed by atoms with van der Waals surface area (Å²) in [6, 6.07) is 0. The number of hydrogen-bond donors (Lipinski definition) is 2. The van der Waals surface area contributed by atoms with E-state index in [-0.39, 0.29) is 12.5 Å². The van der Waals surface area contributed by atoms with E-state index in [0.717, 1.165) is 19.3 Å². The number of aliphatic hydroxyl groups is 1. The quantitative estimate of drug-likeness (QED) is 0.611. The van der Waals surface area contributed by atoms with E-state index in [1.165, 1.54) is 12.8 Å². The Morgan fingerprint density at radius 1 is 1.06 bits per heavy atom. The predicted octanol–water partition coefficient (Wildman–Crippen LogP) is 3.46. The number of hydrogen-bond acceptors (Lipinski definition) is 2. The van der Waals surface area contributed by atoms with Gasteiger partial charge in [-0.1, -0.05) is 40.0 Å². The van der Waals surface area contributed by atoms with Crippen molar-refractivity contribution in [1.82, 2.24) is 0 Å². The third-order valence-corrected chi connectivity index (χ3v) is 3.04. The van der Waals surface area contributed by atoms with Crippen molar-refractivity contribution >= 4 is 5.97 Å². The molecule has 0 aliphatic heterocycles. The standard InChI is InChI=1S/C14H28O3/c1-14(2,3)10-6-4-5-8-12(13(16)17)9-7-11-15/h12,15H,4-11H2,1-3H3,(H,16,17). The van der Waals surface area contributed by atoms with Crippen LogP contribution in [0, 0.1) is 11.3 Å². The maximum Gasteiger partial charge on any atom is 0.306 e. The Balaban J connectivity index is 3.65. The molecule has 0 saturated carbocycles. The van der Waals surface area contributed by atoms with Crippen LogP contribution in [0.15, 0.2) is 0 Å². The number of aliphatic carboxylic acids is 1. The Kier molecular flexibility index (Phi) is 8.23. The van der Waals surface area contributed by atoms with Crippen LogP contribution in [-0.4, -0.2) is 22.8 Å². The van der Waals surface area contributed by atoms with E-state index in [1.54, 1.807) is 0 Å². The molecule has 0 amide bonds. The normalized spacial score (nSPS) is 13.6. The second kappa shape index (κ2) is 8.51. The molecule has 3 nitrogen and oxygen atoms in total. The molecule has 1 atom stereocenters. The number of aliphatic hydroxyl groups excluding tert-OH is 1. The molecule has 0 fully saturated rings. The van der Waals surface area contributed by atoms with Crippen molar-refractivity contribution in [1.29, 1.82) is 0 Å². The van der Waals surface area contributed by atoms with E-state index < -0.39 is 5.97 Å². The predicted molar refractivity (Wildman–Crippen MR) is 70.0 cm³/mol. The van der Waals surface area contributed by atoms with Crippen molar-refractivity contribution in [2.24, 2.45) is 11.3 Å². The fraction of sp³-hybridized carbons (Fsp3) is 0.929. The molecule has 0 aromatic carbocycles. The van der Waals surface area contributed by atoms with E-state index >= 15 is 0 Å². The second-order valence-corrected chi connectivity index (χ2v) is 6.06. The van der Waals surface area contributed by atoms with Gasteiger partial charge in [-0.05, 0) is 31.1 Å². The summed E-state index contributed by atoms with van der Waals surface area (Å²) in [6.07, 6.45) is 6.42. The molecule has 1 unspecified atom stereocenters. The molecule has 0 aliphatic rings. The summed E-state index contributed by atoms with van der Waals surface area (Å²) in [4.78, 5) is 10.9. The number of unbranched alkanes of at least 4 members (excludes halogenated alkanes) is 2. The number of carboxylic acid groups (broad SMARTS) is 1. The molecular weight excluding hydrogens is 216 g/mol. The Morgan fingerprint density at radius 3 is 2.12 bits per heavy atom. The van der Waals surface area contributed by atoms with Gasteiger partial charge < -0.3 is 10.2 Å². The van der Waals surface area contributed by atoms with Gasteiger partial charge in [-0.3, -0.25) is 4.79 Å². The first-order chi connectivity index (χ1) is 7.87. The van der Waals surface area contributed by atoms with Crippen LogP contribution in [0.25, 0.3) is 0 Å². The molecule has 0 aromatic heterocycles. The van der Waals surface area contributed by atoms with Gasteiger partial charge in [-0.25, -0.2) is 0 Å². The van der Waals surface area contributed by atoms with Gasteiger partial charge in [-0.15, -0.1) is 0 Å². The van der Waals surface area contributed by atoms with Crippen molar-refractivity contribution in [3.05, 3.63) is 0 Å². The molecule has 0 aliphatic carbocycles. The van der Waals surface area contributed by atoms with Crippen molar-refractivity contribution in [3.63, 3.8) is 0 Å². The number of rotatable bonds is 9. The first kappa shape index (κ1) is 16.4. The van der Waals surface area contributed by atoms with E-state index in [1.807, 2.05) is 0 Å².